The maximum atomic E-state index is 12.7. The number of nitrogens with zero attached hydrogens (tertiary/aromatic N) is 3. The van der Waals surface area contributed by atoms with Gasteiger partial charge < -0.3 is 9.42 Å². The quantitative estimate of drug-likeness (QED) is 0.851. The summed E-state index contributed by atoms with van der Waals surface area (Å²) in [5.74, 6) is 0.948. The summed E-state index contributed by atoms with van der Waals surface area (Å²) in [6, 6.07) is 9.43. The Morgan fingerprint density at radius 2 is 1.88 bits per heavy atom. The van der Waals surface area contributed by atoms with Crippen LogP contribution < -0.4 is 0 Å². The summed E-state index contributed by atoms with van der Waals surface area (Å²) in [4.78, 5) is 17.2. The van der Waals surface area contributed by atoms with Crippen LogP contribution in [0.1, 0.15) is 34.6 Å². The SMILES string of the molecule is Cc1noc(C)c1CC(=O)N1CCN([C@H]2CCc3ccccc3C2)CC1. The van der Waals surface area contributed by atoms with Crippen LogP contribution in [0.3, 0.4) is 0 Å². The van der Waals surface area contributed by atoms with E-state index in [0.29, 0.717) is 12.5 Å². The van der Waals surface area contributed by atoms with Gasteiger partial charge in [0.1, 0.15) is 5.76 Å². The number of hydrogen-bond acceptors (Lipinski definition) is 4. The number of rotatable bonds is 3. The van der Waals surface area contributed by atoms with Crippen molar-refractivity contribution in [3.8, 4) is 0 Å². The third kappa shape index (κ3) is 3.40. The van der Waals surface area contributed by atoms with E-state index in [1.807, 2.05) is 18.7 Å². The summed E-state index contributed by atoms with van der Waals surface area (Å²) >= 11 is 0. The monoisotopic (exact) mass is 353 g/mol. The zero-order valence-corrected chi connectivity index (χ0v) is 15.7. The number of carbonyl (C=O) groups is 1. The van der Waals surface area contributed by atoms with Crippen LogP contribution in [-0.2, 0) is 24.1 Å². The van der Waals surface area contributed by atoms with Crippen LogP contribution in [0.2, 0.25) is 0 Å². The molecule has 1 saturated heterocycles. The summed E-state index contributed by atoms with van der Waals surface area (Å²) in [5.41, 5.74) is 4.79. The predicted molar refractivity (Wildman–Crippen MR) is 100 cm³/mol. The largest absolute Gasteiger partial charge is 0.361 e. The molecule has 138 valence electrons. The number of benzene rings is 1. The van der Waals surface area contributed by atoms with Gasteiger partial charge in [0.05, 0.1) is 12.1 Å². The first kappa shape index (κ1) is 17.3. The molecule has 5 nitrogen and oxygen atoms in total. The zero-order valence-electron chi connectivity index (χ0n) is 15.7. The molecule has 0 spiro atoms. The average Bonchev–Trinajstić information content (AvgIpc) is 2.99. The Bertz CT molecular complexity index is 771. The van der Waals surface area contributed by atoms with Gasteiger partial charge in [0, 0.05) is 37.8 Å². The number of carbonyl (C=O) groups excluding carboxylic acids is 1. The Balaban J connectivity index is 1.32. The van der Waals surface area contributed by atoms with Gasteiger partial charge in [0.15, 0.2) is 0 Å². The Hall–Kier alpha value is -2.14. The van der Waals surface area contributed by atoms with Gasteiger partial charge in [-0.3, -0.25) is 9.69 Å². The summed E-state index contributed by atoms with van der Waals surface area (Å²) in [6.45, 7) is 7.36. The molecule has 1 aromatic heterocycles. The van der Waals surface area contributed by atoms with Gasteiger partial charge in [-0.05, 0) is 44.2 Å². The maximum Gasteiger partial charge on any atom is 0.227 e. The molecule has 1 aliphatic carbocycles. The van der Waals surface area contributed by atoms with Crippen LogP contribution in [0.25, 0.3) is 0 Å². The van der Waals surface area contributed by atoms with E-state index in [4.69, 9.17) is 4.52 Å². The van der Waals surface area contributed by atoms with E-state index < -0.39 is 0 Å². The van der Waals surface area contributed by atoms with E-state index in [1.54, 1.807) is 0 Å². The molecular formula is C21H27N3O2. The number of amides is 1. The number of hydrogen-bond donors (Lipinski definition) is 0. The number of aromatic nitrogens is 1. The molecule has 5 heteroatoms. The molecule has 2 heterocycles. The molecule has 0 unspecified atom stereocenters. The van der Waals surface area contributed by atoms with E-state index in [2.05, 4.69) is 34.3 Å². The molecule has 2 aromatic rings. The first-order valence-electron chi connectivity index (χ1n) is 9.62. The fourth-order valence-corrected chi connectivity index (χ4v) is 4.34. The summed E-state index contributed by atoms with van der Waals surface area (Å²) in [7, 11) is 0. The number of aryl methyl sites for hydroxylation is 3. The lowest BCUT2D eigenvalue weighted by Gasteiger charge is -2.41. The molecule has 2 aliphatic rings. The molecule has 1 fully saturated rings. The lowest BCUT2D eigenvalue weighted by Crippen LogP contribution is -2.53. The van der Waals surface area contributed by atoms with Crippen molar-refractivity contribution in [2.75, 3.05) is 26.2 Å². The second kappa shape index (κ2) is 7.23. The minimum absolute atomic E-state index is 0.188. The predicted octanol–water partition coefficient (Wildman–Crippen LogP) is 2.54. The molecule has 4 rings (SSSR count). The first-order chi connectivity index (χ1) is 12.6. The van der Waals surface area contributed by atoms with Gasteiger partial charge in [-0.1, -0.05) is 29.4 Å². The smallest absolute Gasteiger partial charge is 0.227 e. The minimum atomic E-state index is 0.188. The molecule has 0 bridgehead atoms. The normalized spacial score (nSPS) is 20.8. The van der Waals surface area contributed by atoms with Crippen LogP contribution in [0.15, 0.2) is 28.8 Å². The molecule has 1 aliphatic heterocycles. The van der Waals surface area contributed by atoms with Crippen molar-refractivity contribution >= 4 is 5.91 Å². The fourth-order valence-electron chi connectivity index (χ4n) is 4.34. The Labute approximate surface area is 155 Å². The van der Waals surface area contributed by atoms with Gasteiger partial charge >= 0.3 is 0 Å². The Morgan fingerprint density at radius 1 is 1.15 bits per heavy atom. The van der Waals surface area contributed by atoms with Crippen LogP contribution in [0.5, 0.6) is 0 Å². The highest BCUT2D eigenvalue weighted by atomic mass is 16.5. The van der Waals surface area contributed by atoms with E-state index in [9.17, 15) is 4.79 Å². The molecule has 1 atom stereocenters. The van der Waals surface area contributed by atoms with Gasteiger partial charge in [-0.15, -0.1) is 0 Å². The molecule has 1 aromatic carbocycles. The Kier molecular flexibility index (Phi) is 4.81. The van der Waals surface area contributed by atoms with Crippen molar-refractivity contribution in [1.29, 1.82) is 0 Å². The lowest BCUT2D eigenvalue weighted by molar-refractivity contribution is -0.132. The fraction of sp³-hybridized carbons (Fsp3) is 0.524. The lowest BCUT2D eigenvalue weighted by atomic mass is 9.87. The van der Waals surface area contributed by atoms with Gasteiger partial charge in [0.2, 0.25) is 5.91 Å². The van der Waals surface area contributed by atoms with Crippen molar-refractivity contribution in [3.63, 3.8) is 0 Å². The van der Waals surface area contributed by atoms with E-state index in [-0.39, 0.29) is 5.91 Å². The average molecular weight is 353 g/mol. The van der Waals surface area contributed by atoms with Crippen molar-refractivity contribution < 1.29 is 9.32 Å². The van der Waals surface area contributed by atoms with E-state index in [1.165, 1.54) is 24.0 Å². The van der Waals surface area contributed by atoms with Gasteiger partial charge in [0.25, 0.3) is 0 Å². The second-order valence-electron chi connectivity index (χ2n) is 7.56. The number of fused-ring (bicyclic) bond motifs is 1. The van der Waals surface area contributed by atoms with Crippen molar-refractivity contribution in [2.45, 2.75) is 45.6 Å². The minimum Gasteiger partial charge on any atom is -0.361 e. The molecule has 0 N–H and O–H groups in total. The molecule has 26 heavy (non-hydrogen) atoms. The van der Waals surface area contributed by atoms with Crippen LogP contribution in [-0.4, -0.2) is 53.1 Å². The summed E-state index contributed by atoms with van der Waals surface area (Å²) in [6.07, 6.45) is 3.94. The van der Waals surface area contributed by atoms with Crippen molar-refractivity contribution in [3.05, 3.63) is 52.4 Å². The van der Waals surface area contributed by atoms with E-state index in [0.717, 1.165) is 49.6 Å². The van der Waals surface area contributed by atoms with Crippen LogP contribution in [0, 0.1) is 13.8 Å². The first-order valence-corrected chi connectivity index (χ1v) is 9.62. The highest BCUT2D eigenvalue weighted by molar-refractivity contribution is 5.79. The highest BCUT2D eigenvalue weighted by Gasteiger charge is 2.29. The van der Waals surface area contributed by atoms with Crippen molar-refractivity contribution in [2.24, 2.45) is 0 Å². The second-order valence-corrected chi connectivity index (χ2v) is 7.56. The van der Waals surface area contributed by atoms with Crippen LogP contribution in [0.4, 0.5) is 0 Å². The molecular weight excluding hydrogens is 326 g/mol. The van der Waals surface area contributed by atoms with Gasteiger partial charge in [-0.25, -0.2) is 0 Å². The summed E-state index contributed by atoms with van der Waals surface area (Å²) < 4.78 is 5.18. The zero-order chi connectivity index (χ0) is 18.1. The molecule has 1 amide bonds. The molecule has 0 saturated carbocycles. The number of piperazine rings is 1. The third-order valence-corrected chi connectivity index (χ3v) is 6.01. The standard InChI is InChI=1S/C21H27N3O2/c1-15-20(16(2)26-22-15)14-21(25)24-11-9-23(10-12-24)19-8-7-17-5-3-4-6-18(17)13-19/h3-6,19H,7-14H2,1-2H3/t19-/m0/s1. The summed E-state index contributed by atoms with van der Waals surface area (Å²) in [5, 5.41) is 3.95. The molecule has 0 radical (unpaired) electrons. The van der Waals surface area contributed by atoms with E-state index >= 15 is 0 Å². The topological polar surface area (TPSA) is 49.6 Å². The van der Waals surface area contributed by atoms with Crippen molar-refractivity contribution in [1.82, 2.24) is 15.0 Å². The van der Waals surface area contributed by atoms with Gasteiger partial charge in [-0.2, -0.15) is 0 Å². The Morgan fingerprint density at radius 3 is 2.58 bits per heavy atom. The third-order valence-electron chi connectivity index (χ3n) is 6.01. The van der Waals surface area contributed by atoms with Crippen LogP contribution >= 0.6 is 0 Å². The maximum absolute atomic E-state index is 12.7. The highest BCUT2D eigenvalue weighted by Crippen LogP contribution is 2.25.